The Bertz CT molecular complexity index is 884. The van der Waals surface area contributed by atoms with Crippen LogP contribution in [0, 0.1) is 11.8 Å². The molecule has 124 valence electrons. The van der Waals surface area contributed by atoms with E-state index < -0.39 is 0 Å². The zero-order chi connectivity index (χ0) is 16.9. The molecule has 0 atom stereocenters. The number of furan rings is 1. The van der Waals surface area contributed by atoms with Gasteiger partial charge < -0.3 is 14.7 Å². The zero-order valence-electron chi connectivity index (χ0n) is 14.0. The van der Waals surface area contributed by atoms with E-state index in [9.17, 15) is 0 Å². The Balaban J connectivity index is 2.10. The molecule has 6 nitrogen and oxygen atoms in total. The highest BCUT2D eigenvalue weighted by molar-refractivity contribution is 5.85. The third kappa shape index (κ3) is 3.11. The second-order valence-corrected chi connectivity index (χ2v) is 5.57. The van der Waals surface area contributed by atoms with Crippen molar-refractivity contribution in [1.82, 2.24) is 19.5 Å². The van der Waals surface area contributed by atoms with Crippen LogP contribution in [0.4, 0.5) is 5.82 Å². The number of hydrogen-bond acceptors (Lipinski definition) is 5. The molecule has 24 heavy (non-hydrogen) atoms. The monoisotopic (exact) mass is 323 g/mol. The molecule has 3 aromatic heterocycles. The Kier molecular flexibility index (Phi) is 4.80. The van der Waals surface area contributed by atoms with Gasteiger partial charge in [0.25, 0.3) is 0 Å². The first-order valence-electron chi connectivity index (χ1n) is 8.31. The predicted octanol–water partition coefficient (Wildman–Crippen LogP) is 3.62. The van der Waals surface area contributed by atoms with E-state index in [1.54, 1.807) is 6.26 Å². The van der Waals surface area contributed by atoms with Crippen LogP contribution in [0.25, 0.3) is 22.7 Å². The second kappa shape index (κ2) is 7.18. The molecule has 0 unspecified atom stereocenters. The molecule has 0 aromatic carbocycles. The molecule has 0 spiro atoms. The lowest BCUT2D eigenvalue weighted by atomic mass is 10.2. The predicted molar refractivity (Wildman–Crippen MR) is 94.1 cm³/mol. The summed E-state index contributed by atoms with van der Waals surface area (Å²) < 4.78 is 7.51. The van der Waals surface area contributed by atoms with E-state index in [1.807, 2.05) is 16.7 Å². The first-order valence-corrected chi connectivity index (χ1v) is 8.31. The molecule has 0 saturated carbocycles. The topological polar surface area (TPSA) is 82.8 Å². The number of anilines is 1. The average molecular weight is 323 g/mol. The Morgan fingerprint density at radius 1 is 1.21 bits per heavy atom. The molecule has 0 radical (unpaired) electrons. The third-order valence-electron chi connectivity index (χ3n) is 3.67. The fraction of sp³-hybridized carbons (Fsp3) is 0.389. The number of aryl methyl sites for hydroxylation is 1. The molecule has 3 rings (SSSR count). The van der Waals surface area contributed by atoms with E-state index in [0.717, 1.165) is 32.2 Å². The smallest absolute Gasteiger partial charge is 0.208 e. The van der Waals surface area contributed by atoms with E-state index in [0.29, 0.717) is 34.4 Å². The number of nitrogen functional groups attached to an aromatic ring is 1. The first-order chi connectivity index (χ1) is 11.7. The minimum absolute atomic E-state index is 0.349. The van der Waals surface area contributed by atoms with Gasteiger partial charge in [-0.25, -0.2) is 15.0 Å². The fourth-order valence-corrected chi connectivity index (χ4v) is 2.51. The maximum atomic E-state index is 6.09. The van der Waals surface area contributed by atoms with E-state index in [4.69, 9.17) is 10.2 Å². The number of aromatic nitrogens is 4. The zero-order valence-corrected chi connectivity index (χ0v) is 14.0. The van der Waals surface area contributed by atoms with Gasteiger partial charge >= 0.3 is 0 Å². The summed E-state index contributed by atoms with van der Waals surface area (Å²) in [4.78, 5) is 13.5. The molecule has 0 bridgehead atoms. The normalized spacial score (nSPS) is 10.8. The quantitative estimate of drug-likeness (QED) is 0.573. The van der Waals surface area contributed by atoms with Crippen molar-refractivity contribution in [3.05, 3.63) is 24.2 Å². The molecular weight excluding hydrogens is 302 g/mol. The SMILES string of the molecule is CCCCC#Cc1nc(N)c2nc(-c3ccco3)n(CCC)c2n1. The van der Waals surface area contributed by atoms with Crippen LogP contribution in [0.3, 0.4) is 0 Å². The number of rotatable bonds is 5. The van der Waals surface area contributed by atoms with Crippen LogP contribution in [-0.4, -0.2) is 19.5 Å². The van der Waals surface area contributed by atoms with Gasteiger partial charge in [0, 0.05) is 13.0 Å². The second-order valence-electron chi connectivity index (χ2n) is 5.57. The third-order valence-corrected chi connectivity index (χ3v) is 3.67. The highest BCUT2D eigenvalue weighted by Gasteiger charge is 2.18. The highest BCUT2D eigenvalue weighted by Crippen LogP contribution is 2.26. The van der Waals surface area contributed by atoms with Gasteiger partial charge in [-0.3, -0.25) is 0 Å². The van der Waals surface area contributed by atoms with Crippen molar-refractivity contribution >= 4 is 17.0 Å². The van der Waals surface area contributed by atoms with Crippen LogP contribution in [0.5, 0.6) is 0 Å². The van der Waals surface area contributed by atoms with Crippen LogP contribution >= 0.6 is 0 Å². The molecule has 0 aliphatic rings. The summed E-state index contributed by atoms with van der Waals surface area (Å²) in [6.07, 6.45) is 5.60. The lowest BCUT2D eigenvalue weighted by Gasteiger charge is -2.05. The van der Waals surface area contributed by atoms with Gasteiger partial charge in [0.15, 0.2) is 28.6 Å². The van der Waals surface area contributed by atoms with Crippen molar-refractivity contribution in [2.45, 2.75) is 46.1 Å². The summed E-state index contributed by atoms with van der Waals surface area (Å²) in [5.74, 6) is 8.31. The number of hydrogen-bond donors (Lipinski definition) is 1. The summed E-state index contributed by atoms with van der Waals surface area (Å²) in [7, 11) is 0. The Morgan fingerprint density at radius 2 is 2.08 bits per heavy atom. The lowest BCUT2D eigenvalue weighted by Crippen LogP contribution is -2.03. The van der Waals surface area contributed by atoms with Crippen molar-refractivity contribution in [3.63, 3.8) is 0 Å². The molecule has 0 amide bonds. The van der Waals surface area contributed by atoms with E-state index in [-0.39, 0.29) is 0 Å². The highest BCUT2D eigenvalue weighted by atomic mass is 16.3. The number of nitrogens with zero attached hydrogens (tertiary/aromatic N) is 4. The van der Waals surface area contributed by atoms with Gasteiger partial charge in [0.05, 0.1) is 6.26 Å². The van der Waals surface area contributed by atoms with Crippen LogP contribution < -0.4 is 5.73 Å². The van der Waals surface area contributed by atoms with E-state index >= 15 is 0 Å². The van der Waals surface area contributed by atoms with E-state index in [2.05, 4.69) is 40.6 Å². The van der Waals surface area contributed by atoms with E-state index in [1.165, 1.54) is 0 Å². The largest absolute Gasteiger partial charge is 0.461 e. The maximum absolute atomic E-state index is 6.09. The summed E-state index contributed by atoms with van der Waals surface area (Å²) in [5, 5.41) is 0. The molecule has 0 saturated heterocycles. The van der Waals surface area contributed by atoms with Crippen molar-refractivity contribution in [2.24, 2.45) is 0 Å². The van der Waals surface area contributed by atoms with Crippen molar-refractivity contribution < 1.29 is 4.42 Å². The van der Waals surface area contributed by atoms with Gasteiger partial charge in [-0.2, -0.15) is 0 Å². The Labute approximate surface area is 141 Å². The number of imidazole rings is 1. The maximum Gasteiger partial charge on any atom is 0.208 e. The number of unbranched alkanes of at least 4 members (excludes halogenated alkanes) is 2. The average Bonchev–Trinajstić information content (AvgIpc) is 3.21. The first kappa shape index (κ1) is 16.1. The molecular formula is C18H21N5O. The van der Waals surface area contributed by atoms with Crippen molar-refractivity contribution in [1.29, 1.82) is 0 Å². The van der Waals surface area contributed by atoms with Gasteiger partial charge in [0.1, 0.15) is 0 Å². The summed E-state index contributed by atoms with van der Waals surface area (Å²) in [6.45, 7) is 5.02. The standard InChI is InChI=1S/C18H21N5O/c1-3-5-6-7-10-14-20-16(19)15-18(21-14)23(11-4-2)17(22-15)13-9-8-12-24-13/h8-9,12H,3-6,11H2,1-2H3,(H2,19,20,21). The summed E-state index contributed by atoms with van der Waals surface area (Å²) in [5.41, 5.74) is 7.39. The van der Waals surface area contributed by atoms with Crippen LogP contribution in [0.2, 0.25) is 0 Å². The van der Waals surface area contributed by atoms with Crippen molar-refractivity contribution in [3.8, 4) is 23.4 Å². The number of fused-ring (bicyclic) bond motifs is 1. The number of nitrogens with two attached hydrogens (primary N) is 1. The lowest BCUT2D eigenvalue weighted by molar-refractivity contribution is 0.568. The molecule has 3 heterocycles. The molecule has 3 aromatic rings. The van der Waals surface area contributed by atoms with Gasteiger partial charge in [-0.15, -0.1) is 0 Å². The minimum Gasteiger partial charge on any atom is -0.461 e. The molecule has 0 fully saturated rings. The summed E-state index contributed by atoms with van der Waals surface area (Å²) >= 11 is 0. The Morgan fingerprint density at radius 3 is 2.79 bits per heavy atom. The van der Waals surface area contributed by atoms with Gasteiger partial charge in [-0.05, 0) is 30.9 Å². The minimum atomic E-state index is 0.349. The van der Waals surface area contributed by atoms with Crippen LogP contribution in [0.1, 0.15) is 45.4 Å². The molecule has 2 N–H and O–H groups in total. The Hall–Kier alpha value is -2.81. The fourth-order valence-electron chi connectivity index (χ4n) is 2.51. The van der Waals surface area contributed by atoms with Crippen LogP contribution in [-0.2, 0) is 6.54 Å². The summed E-state index contributed by atoms with van der Waals surface area (Å²) in [6, 6.07) is 3.72. The van der Waals surface area contributed by atoms with Crippen LogP contribution in [0.15, 0.2) is 22.8 Å². The van der Waals surface area contributed by atoms with Gasteiger partial charge in [-0.1, -0.05) is 26.2 Å². The molecule has 0 aliphatic carbocycles. The molecule has 6 heteroatoms. The molecule has 0 aliphatic heterocycles. The van der Waals surface area contributed by atoms with Crippen molar-refractivity contribution in [2.75, 3.05) is 5.73 Å². The van der Waals surface area contributed by atoms with Gasteiger partial charge in [0.2, 0.25) is 5.82 Å².